The number of furan rings is 1. The van der Waals surface area contributed by atoms with Crippen molar-refractivity contribution in [2.75, 3.05) is 11.9 Å². The number of anilines is 1. The summed E-state index contributed by atoms with van der Waals surface area (Å²) in [6.45, 7) is 2.48. The Balaban J connectivity index is 1.45. The number of quaternary nitrogens is 1. The first-order chi connectivity index (χ1) is 12.7. The van der Waals surface area contributed by atoms with Gasteiger partial charge in [-0.25, -0.2) is 0 Å². The summed E-state index contributed by atoms with van der Waals surface area (Å²) in [5, 5.41) is 7.09. The Labute approximate surface area is 151 Å². The third-order valence-electron chi connectivity index (χ3n) is 4.64. The molecule has 0 bridgehead atoms. The molecule has 0 spiro atoms. The molecule has 1 amide bonds. The van der Waals surface area contributed by atoms with Crippen molar-refractivity contribution in [2.24, 2.45) is 0 Å². The van der Waals surface area contributed by atoms with Crippen LogP contribution < -0.4 is 10.6 Å². The lowest BCUT2D eigenvalue weighted by Crippen LogP contribution is -2.86. The fourth-order valence-electron chi connectivity index (χ4n) is 3.19. The molecule has 4 heteroatoms. The minimum absolute atomic E-state index is 0.0140. The maximum absolute atomic E-state index is 12.3. The van der Waals surface area contributed by atoms with Gasteiger partial charge >= 0.3 is 0 Å². The second kappa shape index (κ2) is 7.02. The van der Waals surface area contributed by atoms with Gasteiger partial charge in [0.2, 0.25) is 0 Å². The van der Waals surface area contributed by atoms with E-state index in [1.54, 1.807) is 0 Å². The van der Waals surface area contributed by atoms with Crippen molar-refractivity contribution < 1.29 is 14.5 Å². The Kier molecular flexibility index (Phi) is 4.42. The van der Waals surface area contributed by atoms with E-state index in [2.05, 4.69) is 24.4 Å². The van der Waals surface area contributed by atoms with Crippen LogP contribution in [0.3, 0.4) is 0 Å². The zero-order chi connectivity index (χ0) is 17.9. The molecule has 4 aromatic rings. The Morgan fingerprint density at radius 2 is 1.69 bits per heavy atom. The fourth-order valence-corrected chi connectivity index (χ4v) is 3.19. The van der Waals surface area contributed by atoms with Crippen LogP contribution in [0.2, 0.25) is 0 Å². The Morgan fingerprint density at radius 3 is 2.54 bits per heavy atom. The van der Waals surface area contributed by atoms with Crippen LogP contribution in [0.1, 0.15) is 18.5 Å². The number of benzene rings is 3. The van der Waals surface area contributed by atoms with Gasteiger partial charge in [0.25, 0.3) is 5.91 Å². The Bertz CT molecular complexity index is 1050. The van der Waals surface area contributed by atoms with Crippen LogP contribution >= 0.6 is 0 Å². The molecule has 1 atom stereocenters. The topological polar surface area (TPSA) is 58.9 Å². The van der Waals surface area contributed by atoms with E-state index >= 15 is 0 Å². The molecule has 1 heterocycles. The van der Waals surface area contributed by atoms with Gasteiger partial charge in [-0.1, -0.05) is 48.5 Å². The quantitative estimate of drug-likeness (QED) is 0.577. The van der Waals surface area contributed by atoms with Crippen LogP contribution in [-0.4, -0.2) is 12.5 Å². The van der Waals surface area contributed by atoms with E-state index in [1.807, 2.05) is 66.0 Å². The summed E-state index contributed by atoms with van der Waals surface area (Å²) in [5.74, 6) is -0.0140. The zero-order valence-electron chi connectivity index (χ0n) is 14.6. The highest BCUT2D eigenvalue weighted by atomic mass is 16.3. The standard InChI is InChI=1S/C22H20N2O2/c1-15(16-7-3-2-4-8-16)23-14-22(25)24-17-11-12-21-19(13-17)18-9-5-6-10-20(18)26-21/h2-13,15,23H,14H2,1H3,(H,24,25)/p+1/t15-/m1/s1. The third kappa shape index (κ3) is 3.32. The lowest BCUT2D eigenvalue weighted by molar-refractivity contribution is -0.682. The molecule has 0 unspecified atom stereocenters. The number of hydrogen-bond acceptors (Lipinski definition) is 2. The monoisotopic (exact) mass is 345 g/mol. The molecule has 4 rings (SSSR count). The van der Waals surface area contributed by atoms with Crippen molar-refractivity contribution in [3.05, 3.63) is 78.4 Å². The van der Waals surface area contributed by atoms with Crippen LogP contribution in [0.5, 0.6) is 0 Å². The zero-order valence-corrected chi connectivity index (χ0v) is 14.6. The lowest BCUT2D eigenvalue weighted by atomic mass is 10.1. The summed E-state index contributed by atoms with van der Waals surface area (Å²) in [6, 6.07) is 24.1. The smallest absolute Gasteiger partial charge is 0.279 e. The average Bonchev–Trinajstić information content (AvgIpc) is 3.05. The van der Waals surface area contributed by atoms with E-state index in [1.165, 1.54) is 5.56 Å². The van der Waals surface area contributed by atoms with Crippen molar-refractivity contribution in [1.82, 2.24) is 0 Å². The fraction of sp³-hybridized carbons (Fsp3) is 0.136. The highest BCUT2D eigenvalue weighted by Gasteiger charge is 2.12. The van der Waals surface area contributed by atoms with Gasteiger partial charge in [-0.15, -0.1) is 0 Å². The molecule has 0 aliphatic carbocycles. The van der Waals surface area contributed by atoms with Crippen molar-refractivity contribution in [2.45, 2.75) is 13.0 Å². The number of rotatable bonds is 5. The number of nitrogens with two attached hydrogens (primary N) is 1. The third-order valence-corrected chi connectivity index (χ3v) is 4.64. The second-order valence-corrected chi connectivity index (χ2v) is 6.50. The van der Waals surface area contributed by atoms with Gasteiger partial charge in [0.1, 0.15) is 17.2 Å². The lowest BCUT2D eigenvalue weighted by Gasteiger charge is -2.11. The number of carbonyl (C=O) groups excluding carboxylic acids is 1. The first-order valence-electron chi connectivity index (χ1n) is 8.80. The van der Waals surface area contributed by atoms with Gasteiger partial charge in [0.15, 0.2) is 6.54 Å². The SMILES string of the molecule is C[C@@H]([NH2+]CC(=O)Nc1ccc2oc3ccccc3c2c1)c1ccccc1. The normalized spacial score (nSPS) is 12.3. The van der Waals surface area contributed by atoms with Crippen LogP contribution in [0, 0.1) is 0 Å². The predicted molar refractivity (Wildman–Crippen MR) is 104 cm³/mol. The highest BCUT2D eigenvalue weighted by Crippen LogP contribution is 2.30. The van der Waals surface area contributed by atoms with E-state index in [0.717, 1.165) is 27.6 Å². The van der Waals surface area contributed by atoms with Crippen LogP contribution in [0.25, 0.3) is 21.9 Å². The number of fused-ring (bicyclic) bond motifs is 3. The number of nitrogens with one attached hydrogen (secondary N) is 1. The van der Waals surface area contributed by atoms with E-state index in [9.17, 15) is 4.79 Å². The maximum atomic E-state index is 12.3. The average molecular weight is 345 g/mol. The van der Waals surface area contributed by atoms with E-state index in [-0.39, 0.29) is 11.9 Å². The molecule has 0 saturated carbocycles. The minimum Gasteiger partial charge on any atom is -0.456 e. The van der Waals surface area contributed by atoms with Gasteiger partial charge in [0.05, 0.1) is 0 Å². The first-order valence-corrected chi connectivity index (χ1v) is 8.80. The molecular formula is C22H21N2O2+. The van der Waals surface area contributed by atoms with Gasteiger partial charge in [-0.05, 0) is 31.2 Å². The first kappa shape index (κ1) is 16.4. The van der Waals surface area contributed by atoms with Crippen molar-refractivity contribution in [3.63, 3.8) is 0 Å². The summed E-state index contributed by atoms with van der Waals surface area (Å²) in [7, 11) is 0. The van der Waals surface area contributed by atoms with Crippen LogP contribution in [0.15, 0.2) is 77.2 Å². The van der Waals surface area contributed by atoms with Gasteiger partial charge in [-0.2, -0.15) is 0 Å². The highest BCUT2D eigenvalue weighted by molar-refractivity contribution is 6.06. The van der Waals surface area contributed by atoms with Crippen molar-refractivity contribution in [3.8, 4) is 0 Å². The summed E-state index contributed by atoms with van der Waals surface area (Å²) < 4.78 is 5.82. The number of carbonyl (C=O) groups is 1. The Hall–Kier alpha value is -3.11. The molecule has 26 heavy (non-hydrogen) atoms. The van der Waals surface area contributed by atoms with Gasteiger partial charge in [-0.3, -0.25) is 4.79 Å². The molecule has 0 aliphatic heterocycles. The second-order valence-electron chi connectivity index (χ2n) is 6.50. The molecule has 0 fully saturated rings. The molecule has 130 valence electrons. The molecule has 0 aliphatic rings. The van der Waals surface area contributed by atoms with E-state index < -0.39 is 0 Å². The van der Waals surface area contributed by atoms with Gasteiger partial charge < -0.3 is 15.1 Å². The number of para-hydroxylation sites is 1. The Morgan fingerprint density at radius 1 is 0.962 bits per heavy atom. The molecule has 4 nitrogen and oxygen atoms in total. The minimum atomic E-state index is -0.0140. The molecule has 3 aromatic carbocycles. The number of amides is 1. The largest absolute Gasteiger partial charge is 0.456 e. The number of hydrogen-bond donors (Lipinski definition) is 2. The van der Waals surface area contributed by atoms with E-state index in [0.29, 0.717) is 6.54 Å². The molecule has 1 aromatic heterocycles. The van der Waals surface area contributed by atoms with Crippen LogP contribution in [-0.2, 0) is 4.79 Å². The molecular weight excluding hydrogens is 324 g/mol. The molecule has 0 radical (unpaired) electrons. The maximum Gasteiger partial charge on any atom is 0.279 e. The predicted octanol–water partition coefficient (Wildman–Crippen LogP) is 3.85. The summed E-state index contributed by atoms with van der Waals surface area (Å²) in [4.78, 5) is 12.3. The van der Waals surface area contributed by atoms with E-state index in [4.69, 9.17) is 4.42 Å². The summed E-state index contributed by atoms with van der Waals surface area (Å²) >= 11 is 0. The van der Waals surface area contributed by atoms with Crippen LogP contribution in [0.4, 0.5) is 5.69 Å². The van der Waals surface area contributed by atoms with Crippen molar-refractivity contribution >= 4 is 33.5 Å². The molecule has 0 saturated heterocycles. The van der Waals surface area contributed by atoms with Crippen molar-refractivity contribution in [1.29, 1.82) is 0 Å². The summed E-state index contributed by atoms with van der Waals surface area (Å²) in [6.07, 6.45) is 0. The summed E-state index contributed by atoms with van der Waals surface area (Å²) in [5.41, 5.74) is 3.69. The van der Waals surface area contributed by atoms with Gasteiger partial charge in [0, 0.05) is 22.0 Å². The molecule has 3 N–H and O–H groups in total.